The highest BCUT2D eigenvalue weighted by atomic mass is 16.4. The van der Waals surface area contributed by atoms with Gasteiger partial charge in [-0.1, -0.05) is 10.8 Å². The van der Waals surface area contributed by atoms with Gasteiger partial charge in [0.15, 0.2) is 0 Å². The van der Waals surface area contributed by atoms with Gasteiger partial charge in [-0.15, -0.1) is 5.10 Å². The highest BCUT2D eigenvalue weighted by Crippen LogP contribution is 1.94. The Hall–Kier alpha value is -2.18. The minimum Gasteiger partial charge on any atom is -0.480 e. The van der Waals surface area contributed by atoms with Crippen LogP contribution in [0.15, 0.2) is 17.8 Å². The Bertz CT molecular complexity index is 446. The molecular weight excluding hydrogens is 224 g/mol. The summed E-state index contributed by atoms with van der Waals surface area (Å²) in [7, 11) is 0. The molecule has 2 N–H and O–H groups in total. The third-order valence-corrected chi connectivity index (χ3v) is 1.75. The molecule has 0 aromatic carbocycles. The number of nitrogens with one attached hydrogen (secondary N) is 1. The number of hydrogen-bond donors (Lipinski definition) is 2. The maximum absolute atomic E-state index is 11.3. The quantitative estimate of drug-likeness (QED) is 0.701. The van der Waals surface area contributed by atoms with Crippen LogP contribution in [0.1, 0.15) is 19.5 Å². The topological polar surface area (TPSA) is 97.1 Å². The van der Waals surface area contributed by atoms with E-state index in [1.807, 2.05) is 13.8 Å². The number of carboxylic acids is 1. The van der Waals surface area contributed by atoms with Crippen molar-refractivity contribution in [2.24, 2.45) is 0 Å². The van der Waals surface area contributed by atoms with Crippen molar-refractivity contribution in [2.45, 2.75) is 26.9 Å². The Morgan fingerprint density at radius 3 is 2.82 bits per heavy atom. The minimum absolute atomic E-state index is 0.210. The monoisotopic (exact) mass is 238 g/mol. The van der Waals surface area contributed by atoms with E-state index in [2.05, 4.69) is 15.6 Å². The lowest BCUT2D eigenvalue weighted by Crippen LogP contribution is -2.20. The standard InChI is InChI=1S/C10H14N4O3/c1-7(2)3-9(15)11-4-8-5-14(13-12-8)6-10(16)17/h3,5H,4,6H2,1-2H3,(H,11,15)(H,16,17). The van der Waals surface area contributed by atoms with Crippen LogP contribution in [-0.4, -0.2) is 32.0 Å². The van der Waals surface area contributed by atoms with E-state index in [9.17, 15) is 9.59 Å². The molecule has 0 bridgehead atoms. The van der Waals surface area contributed by atoms with Gasteiger partial charge >= 0.3 is 5.97 Å². The molecule has 0 fully saturated rings. The molecule has 0 spiro atoms. The molecule has 0 unspecified atom stereocenters. The Labute approximate surface area is 98.1 Å². The van der Waals surface area contributed by atoms with E-state index < -0.39 is 5.97 Å². The third-order valence-electron chi connectivity index (χ3n) is 1.75. The molecule has 1 aromatic heterocycles. The number of carboxylic acid groups (broad SMARTS) is 1. The summed E-state index contributed by atoms with van der Waals surface area (Å²) in [6.45, 7) is 3.63. The largest absolute Gasteiger partial charge is 0.480 e. The molecule has 0 saturated carbocycles. The lowest BCUT2D eigenvalue weighted by Gasteiger charge is -1.98. The van der Waals surface area contributed by atoms with Crippen molar-refractivity contribution >= 4 is 11.9 Å². The van der Waals surface area contributed by atoms with Crippen molar-refractivity contribution in [2.75, 3.05) is 0 Å². The lowest BCUT2D eigenvalue weighted by molar-refractivity contribution is -0.137. The van der Waals surface area contributed by atoms with Gasteiger partial charge in [-0.25, -0.2) is 4.68 Å². The number of carbonyl (C=O) groups is 2. The van der Waals surface area contributed by atoms with Gasteiger partial charge in [-0.3, -0.25) is 9.59 Å². The SMILES string of the molecule is CC(C)=CC(=O)NCc1cn(CC(=O)O)nn1. The Kier molecular flexibility index (Phi) is 4.38. The summed E-state index contributed by atoms with van der Waals surface area (Å²) < 4.78 is 1.20. The molecule has 0 aliphatic carbocycles. The van der Waals surface area contributed by atoms with E-state index >= 15 is 0 Å². The molecule has 1 amide bonds. The fourth-order valence-electron chi connectivity index (χ4n) is 1.13. The Balaban J connectivity index is 2.47. The van der Waals surface area contributed by atoms with Gasteiger partial charge in [-0.05, 0) is 13.8 Å². The maximum Gasteiger partial charge on any atom is 0.325 e. The zero-order chi connectivity index (χ0) is 12.8. The predicted octanol–water partition coefficient (Wildman–Crippen LogP) is -0.0549. The van der Waals surface area contributed by atoms with E-state index in [4.69, 9.17) is 5.11 Å². The summed E-state index contributed by atoms with van der Waals surface area (Å²) in [6.07, 6.45) is 2.96. The summed E-state index contributed by atoms with van der Waals surface area (Å²) in [5.74, 6) is -1.20. The number of aliphatic carboxylic acids is 1. The second-order valence-corrected chi connectivity index (χ2v) is 3.74. The first-order valence-electron chi connectivity index (χ1n) is 5.01. The highest BCUT2D eigenvalue weighted by Gasteiger charge is 2.04. The van der Waals surface area contributed by atoms with Crippen LogP contribution in [0.25, 0.3) is 0 Å². The molecule has 1 rings (SSSR count). The van der Waals surface area contributed by atoms with E-state index in [-0.39, 0.29) is 19.0 Å². The summed E-state index contributed by atoms with van der Waals surface area (Å²) in [5, 5.41) is 18.5. The Morgan fingerprint density at radius 1 is 1.53 bits per heavy atom. The first-order valence-corrected chi connectivity index (χ1v) is 5.01. The zero-order valence-corrected chi connectivity index (χ0v) is 9.67. The number of hydrogen-bond acceptors (Lipinski definition) is 4. The van der Waals surface area contributed by atoms with Gasteiger partial charge in [0.1, 0.15) is 12.2 Å². The fraction of sp³-hybridized carbons (Fsp3) is 0.400. The average Bonchev–Trinajstić information content (AvgIpc) is 2.60. The van der Waals surface area contributed by atoms with Gasteiger partial charge in [0, 0.05) is 6.08 Å². The number of rotatable bonds is 5. The number of nitrogens with zero attached hydrogens (tertiary/aromatic N) is 3. The van der Waals surface area contributed by atoms with E-state index in [0.29, 0.717) is 5.69 Å². The molecule has 0 aliphatic rings. The average molecular weight is 238 g/mol. The molecule has 1 aromatic rings. The van der Waals surface area contributed by atoms with E-state index in [0.717, 1.165) is 5.57 Å². The Morgan fingerprint density at radius 2 is 2.24 bits per heavy atom. The summed E-state index contributed by atoms with van der Waals surface area (Å²) >= 11 is 0. The molecule has 1 heterocycles. The van der Waals surface area contributed by atoms with Crippen LogP contribution >= 0.6 is 0 Å². The number of allylic oxidation sites excluding steroid dienone is 1. The second kappa shape index (κ2) is 5.78. The molecule has 0 saturated heterocycles. The number of aromatic nitrogens is 3. The van der Waals surface area contributed by atoms with Gasteiger partial charge in [-0.2, -0.15) is 0 Å². The first-order chi connectivity index (χ1) is 7.97. The van der Waals surface area contributed by atoms with Crippen molar-refractivity contribution in [3.8, 4) is 0 Å². The molecule has 0 radical (unpaired) electrons. The maximum atomic E-state index is 11.3. The van der Waals surface area contributed by atoms with Crippen LogP contribution in [0.5, 0.6) is 0 Å². The van der Waals surface area contributed by atoms with Gasteiger partial charge in [0.25, 0.3) is 0 Å². The van der Waals surface area contributed by atoms with Crippen LogP contribution in [-0.2, 0) is 22.7 Å². The molecular formula is C10H14N4O3. The van der Waals surface area contributed by atoms with Crippen molar-refractivity contribution in [3.05, 3.63) is 23.5 Å². The van der Waals surface area contributed by atoms with Crippen LogP contribution in [0.3, 0.4) is 0 Å². The lowest BCUT2D eigenvalue weighted by atomic mass is 10.3. The minimum atomic E-state index is -0.991. The van der Waals surface area contributed by atoms with Crippen molar-refractivity contribution in [1.82, 2.24) is 20.3 Å². The molecule has 7 nitrogen and oxygen atoms in total. The van der Waals surface area contributed by atoms with Crippen LogP contribution in [0, 0.1) is 0 Å². The summed E-state index contributed by atoms with van der Waals surface area (Å²) in [6, 6.07) is 0. The smallest absolute Gasteiger partial charge is 0.325 e. The summed E-state index contributed by atoms with van der Waals surface area (Å²) in [5.41, 5.74) is 1.42. The van der Waals surface area contributed by atoms with Gasteiger partial charge in [0.05, 0.1) is 12.7 Å². The van der Waals surface area contributed by atoms with Crippen LogP contribution < -0.4 is 5.32 Å². The number of carbonyl (C=O) groups excluding carboxylic acids is 1. The molecule has 17 heavy (non-hydrogen) atoms. The van der Waals surface area contributed by atoms with Crippen molar-refractivity contribution in [1.29, 1.82) is 0 Å². The summed E-state index contributed by atoms with van der Waals surface area (Å²) in [4.78, 5) is 21.7. The molecule has 0 atom stereocenters. The third kappa shape index (κ3) is 4.92. The second-order valence-electron chi connectivity index (χ2n) is 3.74. The van der Waals surface area contributed by atoms with Crippen molar-refractivity contribution in [3.63, 3.8) is 0 Å². The van der Waals surface area contributed by atoms with Gasteiger partial charge < -0.3 is 10.4 Å². The fourth-order valence-corrected chi connectivity index (χ4v) is 1.13. The van der Waals surface area contributed by atoms with Crippen molar-refractivity contribution < 1.29 is 14.7 Å². The van der Waals surface area contributed by atoms with Crippen LogP contribution in [0.4, 0.5) is 0 Å². The predicted molar refractivity (Wildman–Crippen MR) is 58.9 cm³/mol. The van der Waals surface area contributed by atoms with E-state index in [1.165, 1.54) is 17.0 Å². The van der Waals surface area contributed by atoms with Crippen LogP contribution in [0.2, 0.25) is 0 Å². The first kappa shape index (κ1) is 12.9. The molecule has 0 aliphatic heterocycles. The normalized spacial score (nSPS) is 9.76. The molecule has 7 heteroatoms. The molecule has 92 valence electrons. The zero-order valence-electron chi connectivity index (χ0n) is 9.67. The van der Waals surface area contributed by atoms with E-state index in [1.54, 1.807) is 0 Å². The highest BCUT2D eigenvalue weighted by molar-refractivity contribution is 5.87. The number of amides is 1. The van der Waals surface area contributed by atoms with Gasteiger partial charge in [0.2, 0.25) is 5.91 Å².